The Balaban J connectivity index is 2.18. The number of nitrogens with two attached hydrogens (primary N) is 2. The lowest BCUT2D eigenvalue weighted by atomic mass is 9.99. The van der Waals surface area contributed by atoms with E-state index in [1.807, 2.05) is 0 Å². The summed E-state index contributed by atoms with van der Waals surface area (Å²) in [7, 11) is 0. The molecule has 5 nitrogen and oxygen atoms in total. The summed E-state index contributed by atoms with van der Waals surface area (Å²) in [5.41, 5.74) is 11.6. The normalized spacial score (nSPS) is 18.3. The minimum atomic E-state index is 0.367. The third kappa shape index (κ3) is 1.77. The third-order valence-electron chi connectivity index (χ3n) is 2.45. The van der Waals surface area contributed by atoms with Gasteiger partial charge in [-0.05, 0) is 12.8 Å². The van der Waals surface area contributed by atoms with Crippen molar-refractivity contribution in [1.29, 1.82) is 0 Å². The SMILES string of the molecule is Nc1cnc(C2CCOCC2)nc1N. The van der Waals surface area contributed by atoms with Gasteiger partial charge in [0.05, 0.1) is 11.9 Å². The Hall–Kier alpha value is -1.36. The molecule has 0 spiro atoms. The molecule has 1 aliphatic heterocycles. The fraction of sp³-hybridized carbons (Fsp3) is 0.556. The number of aromatic nitrogens is 2. The fourth-order valence-corrected chi connectivity index (χ4v) is 1.57. The summed E-state index contributed by atoms with van der Waals surface area (Å²) >= 11 is 0. The van der Waals surface area contributed by atoms with Gasteiger partial charge in [0.2, 0.25) is 0 Å². The van der Waals surface area contributed by atoms with Gasteiger partial charge in [0, 0.05) is 19.1 Å². The summed E-state index contributed by atoms with van der Waals surface area (Å²) in [5.74, 6) is 1.54. The molecule has 0 aliphatic carbocycles. The molecule has 0 aromatic carbocycles. The molecule has 0 radical (unpaired) electrons. The third-order valence-corrected chi connectivity index (χ3v) is 2.45. The molecule has 1 fully saturated rings. The molecule has 0 saturated carbocycles. The van der Waals surface area contributed by atoms with Crippen LogP contribution in [0.2, 0.25) is 0 Å². The van der Waals surface area contributed by atoms with Crippen LogP contribution in [0.3, 0.4) is 0 Å². The van der Waals surface area contributed by atoms with E-state index in [0.29, 0.717) is 17.4 Å². The second-order valence-corrected chi connectivity index (χ2v) is 3.46. The molecule has 2 heterocycles. The van der Waals surface area contributed by atoms with Gasteiger partial charge in [-0.3, -0.25) is 0 Å². The van der Waals surface area contributed by atoms with Crippen LogP contribution in [-0.4, -0.2) is 23.2 Å². The van der Waals surface area contributed by atoms with E-state index < -0.39 is 0 Å². The van der Waals surface area contributed by atoms with Gasteiger partial charge in [0.25, 0.3) is 0 Å². The lowest BCUT2D eigenvalue weighted by Gasteiger charge is -2.20. The molecule has 5 heteroatoms. The molecule has 0 amide bonds. The Morgan fingerprint density at radius 1 is 1.29 bits per heavy atom. The quantitative estimate of drug-likeness (QED) is 0.681. The molecule has 4 N–H and O–H groups in total. The van der Waals surface area contributed by atoms with E-state index in [1.165, 1.54) is 0 Å². The van der Waals surface area contributed by atoms with E-state index in [2.05, 4.69) is 9.97 Å². The van der Waals surface area contributed by atoms with Crippen molar-refractivity contribution in [3.63, 3.8) is 0 Å². The second-order valence-electron chi connectivity index (χ2n) is 3.46. The number of anilines is 2. The molecule has 2 rings (SSSR count). The highest BCUT2D eigenvalue weighted by molar-refractivity contribution is 5.56. The van der Waals surface area contributed by atoms with Gasteiger partial charge in [-0.25, -0.2) is 9.97 Å². The lowest BCUT2D eigenvalue weighted by molar-refractivity contribution is 0.0836. The minimum absolute atomic E-state index is 0.367. The van der Waals surface area contributed by atoms with Crippen molar-refractivity contribution < 1.29 is 4.74 Å². The number of nitrogens with zero attached hydrogens (tertiary/aromatic N) is 2. The van der Waals surface area contributed by atoms with Crippen molar-refractivity contribution in [2.75, 3.05) is 24.7 Å². The van der Waals surface area contributed by atoms with Crippen LogP contribution in [0, 0.1) is 0 Å². The standard InChI is InChI=1S/C9H14N4O/c10-7-5-12-9(13-8(7)11)6-1-3-14-4-2-6/h5-6H,1-4,10H2,(H2,11,12,13). The smallest absolute Gasteiger partial charge is 0.150 e. The van der Waals surface area contributed by atoms with E-state index in [-0.39, 0.29) is 0 Å². The van der Waals surface area contributed by atoms with Crippen molar-refractivity contribution >= 4 is 11.5 Å². The maximum atomic E-state index is 5.62. The summed E-state index contributed by atoms with van der Waals surface area (Å²) in [6.45, 7) is 1.55. The zero-order valence-corrected chi connectivity index (χ0v) is 7.94. The molecule has 0 atom stereocenters. The van der Waals surface area contributed by atoms with Crippen molar-refractivity contribution in [3.8, 4) is 0 Å². The largest absolute Gasteiger partial charge is 0.394 e. The zero-order chi connectivity index (χ0) is 9.97. The van der Waals surface area contributed by atoms with Crippen LogP contribution in [0.1, 0.15) is 24.6 Å². The molecule has 14 heavy (non-hydrogen) atoms. The van der Waals surface area contributed by atoms with Gasteiger partial charge in [0.15, 0.2) is 0 Å². The molecular weight excluding hydrogens is 180 g/mol. The Bertz CT molecular complexity index is 323. The van der Waals surface area contributed by atoms with Crippen molar-refractivity contribution in [3.05, 3.63) is 12.0 Å². The van der Waals surface area contributed by atoms with Gasteiger partial charge < -0.3 is 16.2 Å². The summed E-state index contributed by atoms with van der Waals surface area (Å²) in [6, 6.07) is 0. The maximum absolute atomic E-state index is 5.62. The van der Waals surface area contributed by atoms with Gasteiger partial charge in [-0.2, -0.15) is 0 Å². The van der Waals surface area contributed by atoms with Gasteiger partial charge in [-0.1, -0.05) is 0 Å². The van der Waals surface area contributed by atoms with Crippen LogP contribution in [0.25, 0.3) is 0 Å². The first-order valence-electron chi connectivity index (χ1n) is 4.73. The Morgan fingerprint density at radius 2 is 2.00 bits per heavy atom. The number of rotatable bonds is 1. The molecule has 1 aromatic heterocycles. The fourth-order valence-electron chi connectivity index (χ4n) is 1.57. The zero-order valence-electron chi connectivity index (χ0n) is 7.94. The Kier molecular flexibility index (Phi) is 2.49. The summed E-state index contributed by atoms with van der Waals surface area (Å²) in [4.78, 5) is 8.37. The van der Waals surface area contributed by atoms with E-state index >= 15 is 0 Å². The monoisotopic (exact) mass is 194 g/mol. The highest BCUT2D eigenvalue weighted by atomic mass is 16.5. The average molecular weight is 194 g/mol. The van der Waals surface area contributed by atoms with Crippen molar-refractivity contribution in [2.24, 2.45) is 0 Å². The van der Waals surface area contributed by atoms with E-state index in [4.69, 9.17) is 16.2 Å². The molecular formula is C9H14N4O. The first-order valence-corrected chi connectivity index (χ1v) is 4.73. The van der Waals surface area contributed by atoms with Crippen molar-refractivity contribution in [2.45, 2.75) is 18.8 Å². The van der Waals surface area contributed by atoms with E-state index in [0.717, 1.165) is 31.9 Å². The number of hydrogen-bond donors (Lipinski definition) is 2. The lowest BCUT2D eigenvalue weighted by Crippen LogP contribution is -2.17. The summed E-state index contributed by atoms with van der Waals surface area (Å²) < 4.78 is 5.26. The van der Waals surface area contributed by atoms with Crippen LogP contribution in [0.15, 0.2) is 6.20 Å². The van der Waals surface area contributed by atoms with Crippen LogP contribution < -0.4 is 11.5 Å². The maximum Gasteiger partial charge on any atom is 0.150 e. The van der Waals surface area contributed by atoms with Crippen LogP contribution in [0.4, 0.5) is 11.5 Å². The van der Waals surface area contributed by atoms with E-state index in [1.54, 1.807) is 6.20 Å². The topological polar surface area (TPSA) is 87.0 Å². The minimum Gasteiger partial charge on any atom is -0.394 e. The number of ether oxygens (including phenoxy) is 1. The summed E-state index contributed by atoms with van der Waals surface area (Å²) in [6.07, 6.45) is 3.50. The van der Waals surface area contributed by atoms with Crippen LogP contribution >= 0.6 is 0 Å². The van der Waals surface area contributed by atoms with Crippen LogP contribution in [-0.2, 0) is 4.74 Å². The molecule has 1 saturated heterocycles. The van der Waals surface area contributed by atoms with Crippen molar-refractivity contribution in [1.82, 2.24) is 9.97 Å². The van der Waals surface area contributed by atoms with Gasteiger partial charge in [0.1, 0.15) is 11.6 Å². The molecule has 1 aromatic rings. The number of nitrogen functional groups attached to an aromatic ring is 2. The molecule has 0 unspecified atom stereocenters. The molecule has 0 bridgehead atoms. The molecule has 1 aliphatic rings. The first-order chi connectivity index (χ1) is 6.77. The predicted molar refractivity (Wildman–Crippen MR) is 53.7 cm³/mol. The molecule has 76 valence electrons. The van der Waals surface area contributed by atoms with E-state index in [9.17, 15) is 0 Å². The predicted octanol–water partition coefficient (Wildman–Crippen LogP) is 0.535. The average Bonchev–Trinajstić information content (AvgIpc) is 2.23. The van der Waals surface area contributed by atoms with Gasteiger partial charge in [-0.15, -0.1) is 0 Å². The van der Waals surface area contributed by atoms with Crippen LogP contribution in [0.5, 0.6) is 0 Å². The highest BCUT2D eigenvalue weighted by Gasteiger charge is 2.18. The Labute approximate surface area is 82.5 Å². The Morgan fingerprint density at radius 3 is 2.64 bits per heavy atom. The van der Waals surface area contributed by atoms with Gasteiger partial charge >= 0.3 is 0 Å². The highest BCUT2D eigenvalue weighted by Crippen LogP contribution is 2.25. The first kappa shape index (κ1) is 9.21. The number of hydrogen-bond acceptors (Lipinski definition) is 5. The summed E-state index contributed by atoms with van der Waals surface area (Å²) in [5, 5.41) is 0. The second kappa shape index (κ2) is 3.79.